The number of hydrogen-bond donors (Lipinski definition) is 1. The molecule has 0 atom stereocenters. The summed E-state index contributed by atoms with van der Waals surface area (Å²) in [4.78, 5) is 23.3. The third-order valence-electron chi connectivity index (χ3n) is 2.63. The van der Waals surface area contributed by atoms with Crippen LogP contribution in [0.3, 0.4) is 0 Å². The average Bonchev–Trinajstić information content (AvgIpc) is 2.29. The maximum Gasteiger partial charge on any atom is 0.339 e. The van der Waals surface area contributed by atoms with Gasteiger partial charge in [0.15, 0.2) is 5.60 Å². The second-order valence-electron chi connectivity index (χ2n) is 4.39. The SMILES string of the molecule is COC(=O)c1cc2c(cc1I)OC(C)(C)C(=O)N2. The summed E-state index contributed by atoms with van der Waals surface area (Å²) in [5.41, 5.74) is -0.0244. The highest BCUT2D eigenvalue weighted by Crippen LogP contribution is 2.36. The molecule has 1 heterocycles. The summed E-state index contributed by atoms with van der Waals surface area (Å²) < 4.78 is 11.0. The first-order valence-electron chi connectivity index (χ1n) is 5.27. The van der Waals surface area contributed by atoms with Crippen molar-refractivity contribution >= 4 is 40.2 Å². The molecule has 96 valence electrons. The van der Waals surface area contributed by atoms with Gasteiger partial charge in [-0.2, -0.15) is 0 Å². The van der Waals surface area contributed by atoms with Crippen LogP contribution in [0.25, 0.3) is 0 Å². The Bertz CT molecular complexity index is 539. The van der Waals surface area contributed by atoms with Crippen LogP contribution < -0.4 is 10.1 Å². The normalized spacial score (nSPS) is 16.3. The number of halogens is 1. The summed E-state index contributed by atoms with van der Waals surface area (Å²) in [7, 11) is 1.32. The summed E-state index contributed by atoms with van der Waals surface area (Å²) >= 11 is 2.03. The molecule has 0 bridgehead atoms. The number of anilines is 1. The van der Waals surface area contributed by atoms with Gasteiger partial charge in [-0.05, 0) is 48.6 Å². The average molecular weight is 361 g/mol. The van der Waals surface area contributed by atoms with E-state index in [-0.39, 0.29) is 5.91 Å². The van der Waals surface area contributed by atoms with Crippen molar-refractivity contribution < 1.29 is 19.1 Å². The lowest BCUT2D eigenvalue weighted by Gasteiger charge is -2.31. The lowest BCUT2D eigenvalue weighted by atomic mass is 10.0. The molecule has 0 aliphatic carbocycles. The van der Waals surface area contributed by atoms with E-state index >= 15 is 0 Å². The molecule has 0 aromatic heterocycles. The van der Waals surface area contributed by atoms with E-state index in [4.69, 9.17) is 4.74 Å². The van der Waals surface area contributed by atoms with Crippen molar-refractivity contribution in [3.63, 3.8) is 0 Å². The minimum Gasteiger partial charge on any atom is -0.476 e. The molecule has 0 radical (unpaired) electrons. The zero-order valence-corrected chi connectivity index (χ0v) is 12.3. The molecule has 2 rings (SSSR count). The maximum atomic E-state index is 11.8. The van der Waals surface area contributed by atoms with E-state index in [2.05, 4.69) is 10.1 Å². The molecule has 6 heteroatoms. The van der Waals surface area contributed by atoms with Gasteiger partial charge in [-0.3, -0.25) is 4.79 Å². The van der Waals surface area contributed by atoms with Gasteiger partial charge in [0.25, 0.3) is 5.91 Å². The molecule has 1 amide bonds. The van der Waals surface area contributed by atoms with Crippen LogP contribution in [0.2, 0.25) is 0 Å². The van der Waals surface area contributed by atoms with Crippen molar-refractivity contribution in [2.24, 2.45) is 0 Å². The summed E-state index contributed by atoms with van der Waals surface area (Å²) in [5, 5.41) is 2.72. The molecular formula is C12H12INO4. The van der Waals surface area contributed by atoms with Gasteiger partial charge in [-0.1, -0.05) is 0 Å². The topological polar surface area (TPSA) is 64.6 Å². The van der Waals surface area contributed by atoms with E-state index in [1.807, 2.05) is 22.6 Å². The standard InChI is InChI=1S/C12H12INO4/c1-12(2)11(16)14-8-4-6(10(15)17-3)7(13)5-9(8)18-12/h4-5H,1-3H3,(H,14,16). The summed E-state index contributed by atoms with van der Waals surface area (Å²) in [6.07, 6.45) is 0. The molecule has 1 N–H and O–H groups in total. The molecule has 0 saturated carbocycles. The van der Waals surface area contributed by atoms with Crippen LogP contribution in [0.15, 0.2) is 12.1 Å². The molecule has 0 fully saturated rings. The largest absolute Gasteiger partial charge is 0.476 e. The van der Waals surface area contributed by atoms with Crippen LogP contribution in [0.1, 0.15) is 24.2 Å². The third kappa shape index (κ3) is 2.16. The van der Waals surface area contributed by atoms with Gasteiger partial charge >= 0.3 is 5.97 Å². The van der Waals surface area contributed by atoms with Crippen LogP contribution in [0.4, 0.5) is 5.69 Å². The van der Waals surface area contributed by atoms with Crippen molar-refractivity contribution in [1.82, 2.24) is 0 Å². The number of hydrogen-bond acceptors (Lipinski definition) is 4. The second-order valence-corrected chi connectivity index (χ2v) is 5.55. The fourth-order valence-corrected chi connectivity index (χ4v) is 2.26. The highest BCUT2D eigenvalue weighted by atomic mass is 127. The Balaban J connectivity index is 2.49. The third-order valence-corrected chi connectivity index (χ3v) is 3.53. The van der Waals surface area contributed by atoms with Crippen LogP contribution in [0.5, 0.6) is 5.75 Å². The van der Waals surface area contributed by atoms with Crippen molar-refractivity contribution in [3.8, 4) is 5.75 Å². The van der Waals surface area contributed by atoms with Crippen molar-refractivity contribution in [2.45, 2.75) is 19.4 Å². The maximum absolute atomic E-state index is 11.8. The quantitative estimate of drug-likeness (QED) is 0.615. The number of amides is 1. The monoisotopic (exact) mass is 361 g/mol. The molecule has 0 unspecified atom stereocenters. The Morgan fingerprint density at radius 3 is 2.72 bits per heavy atom. The fourth-order valence-electron chi connectivity index (χ4n) is 1.60. The van der Waals surface area contributed by atoms with E-state index in [0.29, 0.717) is 20.6 Å². The Morgan fingerprint density at radius 1 is 1.44 bits per heavy atom. The van der Waals surface area contributed by atoms with Crippen molar-refractivity contribution in [2.75, 3.05) is 12.4 Å². The number of esters is 1. The number of carbonyl (C=O) groups excluding carboxylic acids is 2. The minimum absolute atomic E-state index is 0.243. The van der Waals surface area contributed by atoms with Gasteiger partial charge in [0.2, 0.25) is 0 Å². The summed E-state index contributed by atoms with van der Waals surface area (Å²) in [6, 6.07) is 3.28. The van der Waals surface area contributed by atoms with Crippen LogP contribution >= 0.6 is 22.6 Å². The van der Waals surface area contributed by atoms with Crippen molar-refractivity contribution in [3.05, 3.63) is 21.3 Å². The zero-order chi connectivity index (χ0) is 13.5. The fraction of sp³-hybridized carbons (Fsp3) is 0.333. The number of rotatable bonds is 1. The molecule has 1 aromatic rings. The number of ether oxygens (including phenoxy) is 2. The predicted octanol–water partition coefficient (Wildman–Crippen LogP) is 2.19. The molecular weight excluding hydrogens is 349 g/mol. The Labute approximate surface area is 118 Å². The molecule has 1 aliphatic heterocycles. The molecule has 18 heavy (non-hydrogen) atoms. The van der Waals surface area contributed by atoms with Gasteiger partial charge < -0.3 is 14.8 Å². The first kappa shape index (κ1) is 13.1. The highest BCUT2D eigenvalue weighted by Gasteiger charge is 2.36. The zero-order valence-electron chi connectivity index (χ0n) is 10.2. The van der Waals surface area contributed by atoms with Crippen LogP contribution in [-0.4, -0.2) is 24.6 Å². The Hall–Kier alpha value is -1.31. The number of methoxy groups -OCH3 is 1. The minimum atomic E-state index is -0.914. The second kappa shape index (κ2) is 4.42. The van der Waals surface area contributed by atoms with Gasteiger partial charge in [0, 0.05) is 3.57 Å². The van der Waals surface area contributed by atoms with E-state index in [1.54, 1.807) is 26.0 Å². The Kier molecular flexibility index (Phi) is 3.22. The van der Waals surface area contributed by atoms with Gasteiger partial charge in [0.05, 0.1) is 18.4 Å². The van der Waals surface area contributed by atoms with Gasteiger partial charge in [-0.15, -0.1) is 0 Å². The van der Waals surface area contributed by atoms with Crippen molar-refractivity contribution in [1.29, 1.82) is 0 Å². The Morgan fingerprint density at radius 2 is 2.11 bits per heavy atom. The first-order chi connectivity index (χ1) is 8.35. The molecule has 0 spiro atoms. The number of fused-ring (bicyclic) bond motifs is 1. The lowest BCUT2D eigenvalue weighted by Crippen LogP contribution is -2.45. The van der Waals surface area contributed by atoms with E-state index < -0.39 is 11.6 Å². The predicted molar refractivity (Wildman–Crippen MR) is 73.8 cm³/mol. The molecule has 1 aliphatic rings. The first-order valence-corrected chi connectivity index (χ1v) is 6.35. The van der Waals surface area contributed by atoms with Crippen LogP contribution in [-0.2, 0) is 9.53 Å². The van der Waals surface area contributed by atoms with E-state index in [0.717, 1.165) is 0 Å². The summed E-state index contributed by atoms with van der Waals surface area (Å²) in [5.74, 6) is -0.134. The van der Waals surface area contributed by atoms with E-state index in [9.17, 15) is 9.59 Å². The van der Waals surface area contributed by atoms with Crippen LogP contribution in [0, 0.1) is 3.57 Å². The number of nitrogens with one attached hydrogen (secondary N) is 1. The highest BCUT2D eigenvalue weighted by molar-refractivity contribution is 14.1. The van der Waals surface area contributed by atoms with Gasteiger partial charge in [-0.25, -0.2) is 4.79 Å². The number of benzene rings is 1. The smallest absolute Gasteiger partial charge is 0.339 e. The molecule has 0 saturated heterocycles. The van der Waals surface area contributed by atoms with Gasteiger partial charge in [0.1, 0.15) is 5.75 Å². The summed E-state index contributed by atoms with van der Waals surface area (Å²) in [6.45, 7) is 3.37. The molecule has 1 aromatic carbocycles. The molecule has 5 nitrogen and oxygen atoms in total. The lowest BCUT2D eigenvalue weighted by molar-refractivity contribution is -0.129. The number of carbonyl (C=O) groups is 2. The van der Waals surface area contributed by atoms with E-state index in [1.165, 1.54) is 7.11 Å².